The lowest BCUT2D eigenvalue weighted by Crippen LogP contribution is -2.18. The molecule has 0 amide bonds. The van der Waals surface area contributed by atoms with Gasteiger partial charge in [0, 0.05) is 29.4 Å². The van der Waals surface area contributed by atoms with Gasteiger partial charge in [0.2, 0.25) is 0 Å². The van der Waals surface area contributed by atoms with Gasteiger partial charge in [0.25, 0.3) is 0 Å². The van der Waals surface area contributed by atoms with Gasteiger partial charge in [-0.1, -0.05) is 42.2 Å². The average molecular weight is 374 g/mol. The smallest absolute Gasteiger partial charge is 0.120 e. The van der Waals surface area contributed by atoms with Gasteiger partial charge in [0.05, 0.1) is 11.9 Å². The van der Waals surface area contributed by atoms with Crippen molar-refractivity contribution in [2.75, 3.05) is 0 Å². The van der Waals surface area contributed by atoms with Crippen molar-refractivity contribution in [1.82, 2.24) is 15.1 Å². The van der Waals surface area contributed by atoms with Crippen molar-refractivity contribution in [3.8, 4) is 17.5 Å². The summed E-state index contributed by atoms with van der Waals surface area (Å²) in [6.45, 7) is 8.38. The number of nitrogens with zero attached hydrogens (tertiary/aromatic N) is 2. The Kier molecular flexibility index (Phi) is 5.99. The first-order valence-electron chi connectivity index (χ1n) is 9.51. The molecule has 0 aliphatic carbocycles. The van der Waals surface area contributed by atoms with Crippen LogP contribution in [0.15, 0.2) is 60.8 Å². The maximum absolute atomic E-state index is 9.69. The van der Waals surface area contributed by atoms with E-state index in [1.54, 1.807) is 13.8 Å². The molecule has 1 heterocycles. The largest absolute Gasteiger partial charge is 0.378 e. The molecule has 0 aliphatic heterocycles. The lowest BCUT2D eigenvalue weighted by atomic mass is 10.1. The molecular formula is C24H27N3O. The number of aliphatic hydroxyl groups is 1. The molecule has 1 atom stereocenters. The lowest BCUT2D eigenvalue weighted by molar-refractivity contribution is 0.143. The molecule has 2 aromatic carbocycles. The van der Waals surface area contributed by atoms with Gasteiger partial charge < -0.3 is 10.4 Å². The summed E-state index contributed by atoms with van der Waals surface area (Å²) < 4.78 is 1.98. The number of aromatic nitrogens is 2. The zero-order valence-corrected chi connectivity index (χ0v) is 16.9. The second kappa shape index (κ2) is 8.43. The average Bonchev–Trinajstić information content (AvgIpc) is 3.07. The molecule has 0 aliphatic rings. The molecule has 1 aromatic heterocycles. The third-order valence-corrected chi connectivity index (χ3v) is 4.59. The van der Waals surface area contributed by atoms with E-state index in [0.717, 1.165) is 23.5 Å². The summed E-state index contributed by atoms with van der Waals surface area (Å²) in [5.74, 6) is 5.83. The first-order chi connectivity index (χ1) is 13.3. The van der Waals surface area contributed by atoms with E-state index in [9.17, 15) is 5.11 Å². The standard InChI is InChI=1S/C24H27N3O/c1-18(23-17-26-27(19(23)2)22-8-6-5-7-9-22)25-16-21-12-10-20(11-13-21)14-15-24(3,4)28/h5-13,17-18,25,28H,16H2,1-4H3. The summed E-state index contributed by atoms with van der Waals surface area (Å²) in [6.07, 6.45) is 1.94. The van der Waals surface area contributed by atoms with Crippen LogP contribution in [0.25, 0.3) is 5.69 Å². The van der Waals surface area contributed by atoms with Crippen LogP contribution in [0.1, 0.15) is 49.2 Å². The fourth-order valence-corrected chi connectivity index (χ4v) is 2.99. The zero-order valence-electron chi connectivity index (χ0n) is 16.9. The second-order valence-corrected chi connectivity index (χ2v) is 7.54. The number of para-hydroxylation sites is 1. The van der Waals surface area contributed by atoms with Crippen molar-refractivity contribution >= 4 is 0 Å². The van der Waals surface area contributed by atoms with Crippen LogP contribution in [0.3, 0.4) is 0 Å². The van der Waals surface area contributed by atoms with Crippen LogP contribution in [0, 0.1) is 18.8 Å². The Labute approximate surface area is 167 Å². The topological polar surface area (TPSA) is 50.1 Å². The van der Waals surface area contributed by atoms with Crippen molar-refractivity contribution in [2.45, 2.75) is 45.9 Å². The molecule has 144 valence electrons. The maximum Gasteiger partial charge on any atom is 0.120 e. The molecule has 0 spiro atoms. The van der Waals surface area contributed by atoms with Crippen LogP contribution in [0.2, 0.25) is 0 Å². The molecule has 0 fully saturated rings. The van der Waals surface area contributed by atoms with Gasteiger partial charge in [0.15, 0.2) is 0 Å². The van der Waals surface area contributed by atoms with Crippen LogP contribution in [-0.2, 0) is 6.54 Å². The molecule has 4 heteroatoms. The van der Waals surface area contributed by atoms with Gasteiger partial charge >= 0.3 is 0 Å². The molecule has 3 rings (SSSR count). The summed E-state index contributed by atoms with van der Waals surface area (Å²) in [4.78, 5) is 0. The van der Waals surface area contributed by atoms with E-state index < -0.39 is 5.60 Å². The molecule has 0 saturated carbocycles. The van der Waals surface area contributed by atoms with Crippen molar-refractivity contribution < 1.29 is 5.11 Å². The summed E-state index contributed by atoms with van der Waals surface area (Å²) in [5.41, 5.74) is 4.52. The number of hydrogen-bond acceptors (Lipinski definition) is 3. The van der Waals surface area contributed by atoms with Gasteiger partial charge in [0.1, 0.15) is 5.60 Å². The van der Waals surface area contributed by atoms with Crippen molar-refractivity contribution in [3.05, 3.63) is 83.2 Å². The SMILES string of the molecule is Cc1c(C(C)NCc2ccc(C#CC(C)(C)O)cc2)cnn1-c1ccccc1. The Bertz CT molecular complexity index is 971. The number of hydrogen-bond donors (Lipinski definition) is 2. The minimum absolute atomic E-state index is 0.187. The van der Waals surface area contributed by atoms with E-state index in [-0.39, 0.29) is 6.04 Å². The summed E-state index contributed by atoms with van der Waals surface area (Å²) in [6, 6.07) is 18.5. The molecule has 2 N–H and O–H groups in total. The van der Waals surface area contributed by atoms with Gasteiger partial charge in [-0.05, 0) is 57.5 Å². The first kappa shape index (κ1) is 19.9. The highest BCUT2D eigenvalue weighted by atomic mass is 16.3. The van der Waals surface area contributed by atoms with E-state index in [1.165, 1.54) is 11.1 Å². The molecular weight excluding hydrogens is 346 g/mol. The third-order valence-electron chi connectivity index (χ3n) is 4.59. The highest BCUT2D eigenvalue weighted by Crippen LogP contribution is 2.20. The minimum Gasteiger partial charge on any atom is -0.378 e. The quantitative estimate of drug-likeness (QED) is 0.661. The van der Waals surface area contributed by atoms with Gasteiger partial charge in [-0.3, -0.25) is 0 Å². The molecule has 0 bridgehead atoms. The highest BCUT2D eigenvalue weighted by molar-refractivity contribution is 5.38. The predicted molar refractivity (Wildman–Crippen MR) is 113 cm³/mol. The van der Waals surface area contributed by atoms with Gasteiger partial charge in [-0.25, -0.2) is 4.68 Å². The van der Waals surface area contributed by atoms with E-state index in [1.807, 2.05) is 41.2 Å². The Morgan fingerprint density at radius 3 is 2.43 bits per heavy atom. The Morgan fingerprint density at radius 1 is 1.11 bits per heavy atom. The second-order valence-electron chi connectivity index (χ2n) is 7.54. The summed E-state index contributed by atoms with van der Waals surface area (Å²) in [7, 11) is 0. The fourth-order valence-electron chi connectivity index (χ4n) is 2.99. The highest BCUT2D eigenvalue weighted by Gasteiger charge is 2.14. The molecule has 4 nitrogen and oxygen atoms in total. The zero-order chi connectivity index (χ0) is 20.1. The third kappa shape index (κ3) is 5.10. The van der Waals surface area contributed by atoms with E-state index >= 15 is 0 Å². The summed E-state index contributed by atoms with van der Waals surface area (Å²) in [5, 5.41) is 17.8. The normalized spacial score (nSPS) is 12.3. The minimum atomic E-state index is -0.974. The van der Waals surface area contributed by atoms with Crippen LogP contribution >= 0.6 is 0 Å². The lowest BCUT2D eigenvalue weighted by Gasteiger charge is -2.14. The Hall–Kier alpha value is -2.87. The van der Waals surface area contributed by atoms with E-state index in [2.05, 4.69) is 60.4 Å². The van der Waals surface area contributed by atoms with E-state index in [4.69, 9.17) is 0 Å². The summed E-state index contributed by atoms with van der Waals surface area (Å²) >= 11 is 0. The van der Waals surface area contributed by atoms with Crippen LogP contribution in [0.5, 0.6) is 0 Å². The van der Waals surface area contributed by atoms with Crippen molar-refractivity contribution in [3.63, 3.8) is 0 Å². The molecule has 3 aromatic rings. The monoisotopic (exact) mass is 373 g/mol. The molecule has 0 saturated heterocycles. The van der Waals surface area contributed by atoms with Gasteiger partial charge in [-0.2, -0.15) is 5.10 Å². The number of benzene rings is 2. The van der Waals surface area contributed by atoms with E-state index in [0.29, 0.717) is 0 Å². The van der Waals surface area contributed by atoms with Crippen molar-refractivity contribution in [1.29, 1.82) is 0 Å². The Balaban J connectivity index is 1.64. The van der Waals surface area contributed by atoms with Crippen LogP contribution in [0.4, 0.5) is 0 Å². The van der Waals surface area contributed by atoms with Crippen molar-refractivity contribution in [2.24, 2.45) is 0 Å². The number of rotatable bonds is 5. The predicted octanol–water partition coefficient (Wildman–Crippen LogP) is 4.15. The van der Waals surface area contributed by atoms with Crippen LogP contribution < -0.4 is 5.32 Å². The first-order valence-corrected chi connectivity index (χ1v) is 9.51. The van der Waals surface area contributed by atoms with Crippen LogP contribution in [-0.4, -0.2) is 20.5 Å². The Morgan fingerprint density at radius 2 is 1.79 bits per heavy atom. The molecule has 0 radical (unpaired) electrons. The molecule has 1 unspecified atom stereocenters. The number of nitrogens with one attached hydrogen (secondary N) is 1. The van der Waals surface area contributed by atoms with Gasteiger partial charge in [-0.15, -0.1) is 0 Å². The molecule has 28 heavy (non-hydrogen) atoms. The maximum atomic E-state index is 9.69. The fraction of sp³-hybridized carbons (Fsp3) is 0.292.